The quantitative estimate of drug-likeness (QED) is 0.301. The monoisotopic (exact) mass is 436 g/mol. The molecule has 0 saturated carbocycles. The van der Waals surface area contributed by atoms with Crippen molar-refractivity contribution in [2.45, 2.75) is 18.7 Å². The number of rotatable bonds is 4. The Labute approximate surface area is 190 Å². The lowest BCUT2D eigenvalue weighted by Gasteiger charge is -2.38. The highest BCUT2D eigenvalue weighted by atomic mass is 16.5. The second-order valence-corrected chi connectivity index (χ2v) is 7.96. The highest BCUT2D eigenvalue weighted by Gasteiger charge is 2.41. The molecule has 33 heavy (non-hydrogen) atoms. The van der Waals surface area contributed by atoms with Gasteiger partial charge in [-0.05, 0) is 54.6 Å². The number of carbonyl (C=O) groups is 1. The Morgan fingerprint density at radius 2 is 1.70 bits per heavy atom. The van der Waals surface area contributed by atoms with Gasteiger partial charge in [-0.1, -0.05) is 36.4 Å². The number of para-hydroxylation sites is 1. The first kappa shape index (κ1) is 19.4. The zero-order valence-corrected chi connectivity index (χ0v) is 17.6. The summed E-state index contributed by atoms with van der Waals surface area (Å²) in [7, 11) is 0. The Balaban J connectivity index is 1.29. The van der Waals surface area contributed by atoms with Crippen molar-refractivity contribution in [1.82, 2.24) is 5.01 Å². The summed E-state index contributed by atoms with van der Waals surface area (Å²) in [6, 6.07) is 28.2. The summed E-state index contributed by atoms with van der Waals surface area (Å²) in [6.07, 6.45) is 1.99. The second kappa shape index (κ2) is 7.98. The van der Waals surface area contributed by atoms with Crippen LogP contribution in [0.2, 0.25) is 0 Å². The Morgan fingerprint density at radius 3 is 2.48 bits per heavy atom. The predicted molar refractivity (Wildman–Crippen MR) is 122 cm³/mol. The van der Waals surface area contributed by atoms with Crippen LogP contribution in [0.25, 0.3) is 0 Å². The van der Waals surface area contributed by atoms with Crippen molar-refractivity contribution in [3.63, 3.8) is 0 Å². The molecule has 4 aromatic rings. The van der Waals surface area contributed by atoms with E-state index in [1.165, 1.54) is 0 Å². The first-order valence-electron chi connectivity index (χ1n) is 10.8. The molecule has 0 saturated heterocycles. The molecule has 0 spiro atoms. The lowest BCUT2D eigenvalue weighted by atomic mass is 9.97. The van der Waals surface area contributed by atoms with E-state index in [0.717, 1.165) is 34.8 Å². The minimum absolute atomic E-state index is 0.0515. The van der Waals surface area contributed by atoms with Gasteiger partial charge >= 0.3 is 5.97 Å². The van der Waals surface area contributed by atoms with Gasteiger partial charge in [0.1, 0.15) is 23.0 Å². The van der Waals surface area contributed by atoms with Gasteiger partial charge in [-0.3, -0.25) is 0 Å². The standard InChI is InChI=1S/C27H20N2O4/c30-27(19-7-2-1-3-8-19)32-20-14-12-18(13-15-20)26-29-23(21-9-4-5-10-24(21)33-26)17-22(28-29)25-11-6-16-31-25/h1-16,23,26H,17H2. The number of nitrogens with zero attached hydrogens (tertiary/aromatic N) is 2. The maximum absolute atomic E-state index is 12.4. The fourth-order valence-corrected chi connectivity index (χ4v) is 4.29. The normalized spacial score (nSPS) is 18.7. The summed E-state index contributed by atoms with van der Waals surface area (Å²) in [6.45, 7) is 0. The van der Waals surface area contributed by atoms with E-state index in [2.05, 4.69) is 6.07 Å². The van der Waals surface area contributed by atoms with Gasteiger partial charge in [0.25, 0.3) is 0 Å². The molecule has 162 valence electrons. The van der Waals surface area contributed by atoms with Crippen LogP contribution in [0, 0.1) is 0 Å². The number of hydrazone groups is 1. The lowest BCUT2D eigenvalue weighted by Crippen LogP contribution is -2.33. The SMILES string of the molecule is O=C(Oc1ccc(C2Oc3ccccc3C3CC(c4ccco4)=NN32)cc1)c1ccccc1. The number of hydrogen-bond donors (Lipinski definition) is 0. The van der Waals surface area contributed by atoms with E-state index >= 15 is 0 Å². The molecular weight excluding hydrogens is 416 g/mol. The van der Waals surface area contributed by atoms with Crippen molar-refractivity contribution < 1.29 is 18.7 Å². The van der Waals surface area contributed by atoms with Gasteiger partial charge in [0.2, 0.25) is 6.23 Å². The van der Waals surface area contributed by atoms with E-state index in [1.54, 1.807) is 30.5 Å². The average molecular weight is 436 g/mol. The molecule has 2 atom stereocenters. The molecule has 0 bridgehead atoms. The van der Waals surface area contributed by atoms with Gasteiger partial charge in [0, 0.05) is 17.5 Å². The van der Waals surface area contributed by atoms with Crippen LogP contribution in [-0.4, -0.2) is 16.7 Å². The van der Waals surface area contributed by atoms with Gasteiger partial charge in [0.15, 0.2) is 0 Å². The fourth-order valence-electron chi connectivity index (χ4n) is 4.29. The third kappa shape index (κ3) is 3.55. The highest BCUT2D eigenvalue weighted by Crippen LogP contribution is 2.47. The minimum Gasteiger partial charge on any atom is -0.464 e. The van der Waals surface area contributed by atoms with Crippen molar-refractivity contribution >= 4 is 11.7 Å². The number of fused-ring (bicyclic) bond motifs is 3. The number of furan rings is 1. The molecule has 0 amide bonds. The van der Waals surface area contributed by atoms with Crippen molar-refractivity contribution in [1.29, 1.82) is 0 Å². The van der Waals surface area contributed by atoms with E-state index in [4.69, 9.17) is 19.0 Å². The third-order valence-electron chi connectivity index (χ3n) is 5.89. The zero-order valence-electron chi connectivity index (χ0n) is 17.6. The van der Waals surface area contributed by atoms with Crippen molar-refractivity contribution in [2.75, 3.05) is 0 Å². The maximum atomic E-state index is 12.4. The topological polar surface area (TPSA) is 64.3 Å². The largest absolute Gasteiger partial charge is 0.464 e. The molecule has 0 fully saturated rings. The Kier molecular flexibility index (Phi) is 4.69. The molecule has 3 heterocycles. The van der Waals surface area contributed by atoms with Crippen molar-refractivity contribution in [3.05, 3.63) is 120 Å². The van der Waals surface area contributed by atoms with E-state index in [0.29, 0.717) is 11.3 Å². The number of benzene rings is 3. The van der Waals surface area contributed by atoms with Crippen LogP contribution >= 0.6 is 0 Å². The Bertz CT molecular complexity index is 1310. The summed E-state index contributed by atoms with van der Waals surface area (Å²) in [4.78, 5) is 12.4. The van der Waals surface area contributed by atoms with Crippen LogP contribution < -0.4 is 9.47 Å². The summed E-state index contributed by atoms with van der Waals surface area (Å²) < 4.78 is 17.5. The number of ether oxygens (including phenoxy) is 2. The summed E-state index contributed by atoms with van der Waals surface area (Å²) in [5.41, 5.74) is 3.42. The Hall–Kier alpha value is -4.32. The molecular formula is C27H20N2O4. The smallest absolute Gasteiger partial charge is 0.343 e. The van der Waals surface area contributed by atoms with Crippen molar-refractivity contribution in [2.24, 2.45) is 5.10 Å². The van der Waals surface area contributed by atoms with Gasteiger partial charge < -0.3 is 13.9 Å². The van der Waals surface area contributed by atoms with Gasteiger partial charge in [-0.15, -0.1) is 0 Å². The van der Waals surface area contributed by atoms with Crippen LogP contribution in [0.15, 0.2) is 107 Å². The van der Waals surface area contributed by atoms with E-state index in [1.807, 2.05) is 65.7 Å². The second-order valence-electron chi connectivity index (χ2n) is 7.96. The Morgan fingerprint density at radius 1 is 0.909 bits per heavy atom. The fraction of sp³-hybridized carbons (Fsp3) is 0.111. The molecule has 2 aliphatic rings. The molecule has 2 unspecified atom stereocenters. The molecule has 2 aliphatic heterocycles. The lowest BCUT2D eigenvalue weighted by molar-refractivity contribution is -0.0190. The molecule has 3 aromatic carbocycles. The summed E-state index contributed by atoms with van der Waals surface area (Å²) in [5, 5.41) is 6.86. The van der Waals surface area contributed by atoms with Crippen LogP contribution in [-0.2, 0) is 0 Å². The number of hydrogen-bond acceptors (Lipinski definition) is 6. The van der Waals surface area contributed by atoms with E-state index < -0.39 is 12.2 Å². The molecule has 0 N–H and O–H groups in total. The van der Waals surface area contributed by atoms with E-state index in [-0.39, 0.29) is 6.04 Å². The average Bonchev–Trinajstić information content (AvgIpc) is 3.55. The summed E-state index contributed by atoms with van der Waals surface area (Å²) >= 11 is 0. The zero-order chi connectivity index (χ0) is 22.2. The molecule has 0 aliphatic carbocycles. The minimum atomic E-state index is -0.406. The highest BCUT2D eigenvalue weighted by molar-refractivity contribution is 5.99. The predicted octanol–water partition coefficient (Wildman–Crippen LogP) is 5.74. The molecule has 6 heteroatoms. The first-order chi connectivity index (χ1) is 16.3. The first-order valence-corrected chi connectivity index (χ1v) is 10.8. The maximum Gasteiger partial charge on any atom is 0.343 e. The molecule has 6 nitrogen and oxygen atoms in total. The molecule has 0 radical (unpaired) electrons. The number of esters is 1. The third-order valence-corrected chi connectivity index (χ3v) is 5.89. The van der Waals surface area contributed by atoms with E-state index in [9.17, 15) is 4.79 Å². The molecule has 1 aromatic heterocycles. The molecule has 6 rings (SSSR count). The van der Waals surface area contributed by atoms with Crippen LogP contribution in [0.4, 0.5) is 0 Å². The van der Waals surface area contributed by atoms with Crippen LogP contribution in [0.3, 0.4) is 0 Å². The number of carbonyl (C=O) groups excluding carboxylic acids is 1. The van der Waals surface area contributed by atoms with Gasteiger partial charge in [-0.2, -0.15) is 5.10 Å². The van der Waals surface area contributed by atoms with Crippen LogP contribution in [0.5, 0.6) is 11.5 Å². The van der Waals surface area contributed by atoms with Gasteiger partial charge in [-0.25, -0.2) is 9.80 Å². The summed E-state index contributed by atoms with van der Waals surface area (Å²) in [5.74, 6) is 1.70. The van der Waals surface area contributed by atoms with Crippen molar-refractivity contribution in [3.8, 4) is 11.5 Å². The van der Waals surface area contributed by atoms with Crippen LogP contribution in [0.1, 0.15) is 45.9 Å². The van der Waals surface area contributed by atoms with Gasteiger partial charge in [0.05, 0.1) is 17.9 Å².